The number of pyridine rings is 2. The van der Waals surface area contributed by atoms with Gasteiger partial charge in [-0.25, -0.2) is 9.78 Å². The Hall–Kier alpha value is -3.78. The average molecular weight is 387 g/mol. The van der Waals surface area contributed by atoms with E-state index in [0.717, 1.165) is 33.4 Å². The maximum atomic E-state index is 12.4. The number of nitrogens with two attached hydrogens (primary N) is 1. The molecule has 5 N–H and O–H groups in total. The number of hydrogen-bond acceptors (Lipinski definition) is 5. The summed E-state index contributed by atoms with van der Waals surface area (Å²) in [5.74, 6) is 0.417. The van der Waals surface area contributed by atoms with Crippen LogP contribution in [0.25, 0.3) is 22.2 Å². The largest absolute Gasteiger partial charge is 0.330 e. The van der Waals surface area contributed by atoms with Crippen molar-refractivity contribution in [3.8, 4) is 11.3 Å². The van der Waals surface area contributed by atoms with Crippen molar-refractivity contribution in [3.05, 3.63) is 72.2 Å². The Balaban J connectivity index is 1.51. The predicted octanol–water partition coefficient (Wildman–Crippen LogP) is 3.15. The lowest BCUT2D eigenvalue weighted by Gasteiger charge is -2.17. The number of rotatable bonds is 5. The van der Waals surface area contributed by atoms with Crippen LogP contribution in [0.4, 0.5) is 10.6 Å². The summed E-state index contributed by atoms with van der Waals surface area (Å²) in [5.41, 5.74) is 10.2. The van der Waals surface area contributed by atoms with E-state index in [-0.39, 0.29) is 12.1 Å². The number of fused-ring (bicyclic) bond motifs is 1. The van der Waals surface area contributed by atoms with Gasteiger partial charge in [0.2, 0.25) is 0 Å². The highest BCUT2D eigenvalue weighted by atomic mass is 16.2. The monoisotopic (exact) mass is 387 g/mol. The first-order valence-electron chi connectivity index (χ1n) is 9.23. The number of aromatic nitrogens is 4. The molecule has 0 fully saturated rings. The molecule has 146 valence electrons. The smallest absolute Gasteiger partial charge is 0.320 e. The predicted molar refractivity (Wildman–Crippen MR) is 112 cm³/mol. The van der Waals surface area contributed by atoms with Gasteiger partial charge in [0, 0.05) is 41.6 Å². The summed E-state index contributed by atoms with van der Waals surface area (Å²) >= 11 is 0. The van der Waals surface area contributed by atoms with Crippen molar-refractivity contribution in [2.45, 2.75) is 13.0 Å². The van der Waals surface area contributed by atoms with Gasteiger partial charge in [-0.15, -0.1) is 0 Å². The molecule has 29 heavy (non-hydrogen) atoms. The molecule has 4 aromatic rings. The zero-order valence-corrected chi connectivity index (χ0v) is 15.9. The van der Waals surface area contributed by atoms with Gasteiger partial charge in [0.25, 0.3) is 0 Å². The SMILES string of the molecule is Cc1cc(-c2n[nH]c3cc(NC(=O)N[C@H](CN)c4ccccc4)ncc23)ccn1. The van der Waals surface area contributed by atoms with Crippen molar-refractivity contribution in [1.82, 2.24) is 25.5 Å². The highest BCUT2D eigenvalue weighted by Crippen LogP contribution is 2.27. The number of urea groups is 1. The van der Waals surface area contributed by atoms with E-state index in [4.69, 9.17) is 5.73 Å². The second kappa shape index (κ2) is 8.07. The summed E-state index contributed by atoms with van der Waals surface area (Å²) in [6.07, 6.45) is 3.44. The molecule has 0 bridgehead atoms. The van der Waals surface area contributed by atoms with Crippen molar-refractivity contribution >= 4 is 22.8 Å². The fraction of sp³-hybridized carbons (Fsp3) is 0.143. The number of carbonyl (C=O) groups excluding carboxylic acids is 1. The van der Waals surface area contributed by atoms with Crippen LogP contribution in [0.3, 0.4) is 0 Å². The van der Waals surface area contributed by atoms with E-state index in [2.05, 4.69) is 30.8 Å². The molecular weight excluding hydrogens is 366 g/mol. The van der Waals surface area contributed by atoms with Crippen LogP contribution in [-0.2, 0) is 0 Å². The van der Waals surface area contributed by atoms with Crippen LogP contribution in [0.5, 0.6) is 0 Å². The van der Waals surface area contributed by atoms with Gasteiger partial charge in [-0.2, -0.15) is 5.10 Å². The number of nitrogens with zero attached hydrogens (tertiary/aromatic N) is 3. The van der Waals surface area contributed by atoms with Gasteiger partial charge in [-0.3, -0.25) is 15.4 Å². The molecular formula is C21H21N7O. The van der Waals surface area contributed by atoms with Crippen LogP contribution in [0.2, 0.25) is 0 Å². The number of aryl methyl sites for hydroxylation is 1. The standard InChI is InChI=1S/C21H21N7O/c1-13-9-15(7-8-23-13)20-16-12-24-19(10-17(16)27-28-20)26-21(29)25-18(11-22)14-5-3-2-4-6-14/h2-10,12,18H,11,22H2,1H3,(H,27,28)(H2,24,25,26,29)/t18-/m1/s1. The van der Waals surface area contributed by atoms with E-state index in [1.165, 1.54) is 0 Å². The summed E-state index contributed by atoms with van der Waals surface area (Å²) in [5, 5.41) is 13.9. The van der Waals surface area contributed by atoms with Gasteiger partial charge in [0.15, 0.2) is 0 Å². The van der Waals surface area contributed by atoms with Gasteiger partial charge < -0.3 is 11.1 Å². The molecule has 3 heterocycles. The van der Waals surface area contributed by atoms with Crippen LogP contribution in [0, 0.1) is 6.92 Å². The Kier molecular flexibility index (Phi) is 5.17. The highest BCUT2D eigenvalue weighted by Gasteiger charge is 2.14. The van der Waals surface area contributed by atoms with Crippen LogP contribution in [0.1, 0.15) is 17.3 Å². The number of hydrogen-bond donors (Lipinski definition) is 4. The molecule has 0 aliphatic rings. The Morgan fingerprint density at radius 1 is 1.17 bits per heavy atom. The molecule has 4 rings (SSSR count). The van der Waals surface area contributed by atoms with Gasteiger partial charge in [0.05, 0.1) is 11.6 Å². The number of carbonyl (C=O) groups is 1. The normalized spacial score (nSPS) is 11.9. The maximum absolute atomic E-state index is 12.4. The molecule has 3 aromatic heterocycles. The first kappa shape index (κ1) is 18.6. The maximum Gasteiger partial charge on any atom is 0.320 e. The zero-order chi connectivity index (χ0) is 20.2. The zero-order valence-electron chi connectivity index (χ0n) is 15.9. The van der Waals surface area contributed by atoms with Crippen molar-refractivity contribution < 1.29 is 4.79 Å². The fourth-order valence-electron chi connectivity index (χ4n) is 3.17. The van der Waals surface area contributed by atoms with E-state index in [1.807, 2.05) is 49.4 Å². The third-order valence-electron chi connectivity index (χ3n) is 4.60. The molecule has 2 amide bonds. The van der Waals surface area contributed by atoms with Crippen LogP contribution in [-0.4, -0.2) is 32.7 Å². The molecule has 0 saturated heterocycles. The van der Waals surface area contributed by atoms with Gasteiger partial charge in [0.1, 0.15) is 11.5 Å². The molecule has 0 spiro atoms. The first-order chi connectivity index (χ1) is 14.1. The number of H-pyrrole nitrogens is 1. The van der Waals surface area contributed by atoms with Crippen LogP contribution in [0.15, 0.2) is 60.9 Å². The minimum absolute atomic E-state index is 0.284. The summed E-state index contributed by atoms with van der Waals surface area (Å²) < 4.78 is 0. The lowest BCUT2D eigenvalue weighted by molar-refractivity contribution is 0.248. The Morgan fingerprint density at radius 3 is 2.76 bits per heavy atom. The average Bonchev–Trinajstić information content (AvgIpc) is 3.16. The minimum atomic E-state index is -0.374. The van der Waals surface area contributed by atoms with Crippen molar-refractivity contribution in [3.63, 3.8) is 0 Å². The lowest BCUT2D eigenvalue weighted by Crippen LogP contribution is -2.36. The third kappa shape index (κ3) is 4.07. The topological polar surface area (TPSA) is 122 Å². The highest BCUT2D eigenvalue weighted by molar-refractivity contribution is 5.95. The van der Waals surface area contributed by atoms with Gasteiger partial charge >= 0.3 is 6.03 Å². The summed E-state index contributed by atoms with van der Waals surface area (Å²) in [6, 6.07) is 14.5. The van der Waals surface area contributed by atoms with E-state index in [1.54, 1.807) is 18.5 Å². The quantitative estimate of drug-likeness (QED) is 0.419. The van der Waals surface area contributed by atoms with Crippen molar-refractivity contribution in [1.29, 1.82) is 0 Å². The second-order valence-corrected chi connectivity index (χ2v) is 6.67. The van der Waals surface area contributed by atoms with E-state index in [0.29, 0.717) is 12.4 Å². The number of amides is 2. The molecule has 0 unspecified atom stereocenters. The van der Waals surface area contributed by atoms with Gasteiger partial charge in [-0.1, -0.05) is 30.3 Å². The van der Waals surface area contributed by atoms with E-state index < -0.39 is 0 Å². The van der Waals surface area contributed by atoms with Crippen molar-refractivity contribution in [2.75, 3.05) is 11.9 Å². The minimum Gasteiger partial charge on any atom is -0.330 e. The molecule has 8 heteroatoms. The Bertz CT molecular complexity index is 1140. The Morgan fingerprint density at radius 2 is 2.00 bits per heavy atom. The molecule has 0 aliphatic carbocycles. The number of anilines is 1. The summed E-state index contributed by atoms with van der Waals surface area (Å²) in [7, 11) is 0. The summed E-state index contributed by atoms with van der Waals surface area (Å²) in [6.45, 7) is 2.22. The van der Waals surface area contributed by atoms with E-state index in [9.17, 15) is 4.79 Å². The molecule has 8 nitrogen and oxygen atoms in total. The van der Waals surface area contributed by atoms with E-state index >= 15 is 0 Å². The fourth-order valence-corrected chi connectivity index (χ4v) is 3.17. The molecule has 0 saturated carbocycles. The Labute approximate surface area is 167 Å². The summed E-state index contributed by atoms with van der Waals surface area (Å²) in [4.78, 5) is 21.0. The third-order valence-corrected chi connectivity index (χ3v) is 4.60. The molecule has 1 aromatic carbocycles. The first-order valence-corrected chi connectivity index (χ1v) is 9.23. The van der Waals surface area contributed by atoms with Crippen LogP contribution >= 0.6 is 0 Å². The van der Waals surface area contributed by atoms with Crippen molar-refractivity contribution in [2.24, 2.45) is 5.73 Å². The number of benzene rings is 1. The molecule has 0 aliphatic heterocycles. The van der Waals surface area contributed by atoms with Crippen LogP contribution < -0.4 is 16.4 Å². The number of nitrogens with one attached hydrogen (secondary N) is 3. The number of aromatic amines is 1. The molecule has 0 radical (unpaired) electrons. The molecule has 1 atom stereocenters. The van der Waals surface area contributed by atoms with Gasteiger partial charge in [-0.05, 0) is 24.6 Å². The second-order valence-electron chi connectivity index (χ2n) is 6.67. The lowest BCUT2D eigenvalue weighted by atomic mass is 10.1.